The molecule has 1 aliphatic heterocycles. The summed E-state index contributed by atoms with van der Waals surface area (Å²) in [6, 6.07) is 7.26. The van der Waals surface area contributed by atoms with Crippen molar-refractivity contribution in [3.63, 3.8) is 0 Å². The molecule has 1 aromatic rings. The van der Waals surface area contributed by atoms with Crippen molar-refractivity contribution in [2.45, 2.75) is 26.3 Å². The van der Waals surface area contributed by atoms with E-state index in [9.17, 15) is 9.59 Å². The second-order valence-electron chi connectivity index (χ2n) is 5.46. The minimum Gasteiger partial charge on any atom is -0.350 e. The minimum absolute atomic E-state index is 0.0326. The molecule has 3 N–H and O–H groups in total. The second-order valence-corrected chi connectivity index (χ2v) is 5.46. The number of amides is 2. The first-order chi connectivity index (χ1) is 9.52. The monoisotopic (exact) mass is 275 g/mol. The van der Waals surface area contributed by atoms with E-state index < -0.39 is 0 Å². The van der Waals surface area contributed by atoms with Gasteiger partial charge < -0.3 is 16.0 Å². The van der Waals surface area contributed by atoms with Crippen LogP contribution in [-0.2, 0) is 4.79 Å². The van der Waals surface area contributed by atoms with Gasteiger partial charge in [-0.3, -0.25) is 9.59 Å². The van der Waals surface area contributed by atoms with Crippen molar-refractivity contribution >= 4 is 17.5 Å². The van der Waals surface area contributed by atoms with Crippen LogP contribution in [0.3, 0.4) is 0 Å². The lowest BCUT2D eigenvalue weighted by Crippen LogP contribution is -2.33. The van der Waals surface area contributed by atoms with E-state index in [0.717, 1.165) is 0 Å². The van der Waals surface area contributed by atoms with E-state index in [1.807, 2.05) is 26.0 Å². The summed E-state index contributed by atoms with van der Waals surface area (Å²) in [5, 5.41) is 2.86. The molecule has 5 nitrogen and oxygen atoms in total. The number of hydrogen-bond acceptors (Lipinski definition) is 3. The largest absolute Gasteiger partial charge is 0.350 e. The van der Waals surface area contributed by atoms with Crippen LogP contribution in [-0.4, -0.2) is 30.9 Å². The Labute approximate surface area is 119 Å². The number of nitrogens with zero attached hydrogens (tertiary/aromatic N) is 1. The molecule has 1 saturated heterocycles. The van der Waals surface area contributed by atoms with Crippen LogP contribution in [0, 0.1) is 5.92 Å². The number of carbonyl (C=O) groups is 2. The van der Waals surface area contributed by atoms with Gasteiger partial charge in [0.05, 0.1) is 11.3 Å². The lowest BCUT2D eigenvalue weighted by molar-refractivity contribution is -0.117. The summed E-state index contributed by atoms with van der Waals surface area (Å²) in [7, 11) is 0. The highest BCUT2D eigenvalue weighted by Crippen LogP contribution is 2.27. The summed E-state index contributed by atoms with van der Waals surface area (Å²) in [6.45, 7) is 4.89. The Morgan fingerprint density at radius 3 is 2.75 bits per heavy atom. The van der Waals surface area contributed by atoms with Crippen LogP contribution in [0.5, 0.6) is 0 Å². The van der Waals surface area contributed by atoms with E-state index in [4.69, 9.17) is 5.73 Å². The van der Waals surface area contributed by atoms with Crippen molar-refractivity contribution in [2.75, 3.05) is 18.0 Å². The van der Waals surface area contributed by atoms with Gasteiger partial charge in [0.2, 0.25) is 5.91 Å². The molecule has 1 atom stereocenters. The van der Waals surface area contributed by atoms with Gasteiger partial charge in [-0.15, -0.1) is 0 Å². The molecule has 0 bridgehead atoms. The fourth-order valence-corrected chi connectivity index (χ4v) is 2.41. The van der Waals surface area contributed by atoms with E-state index in [1.54, 1.807) is 17.0 Å². The number of carbonyl (C=O) groups excluding carboxylic acids is 2. The van der Waals surface area contributed by atoms with Gasteiger partial charge >= 0.3 is 0 Å². The Morgan fingerprint density at radius 1 is 1.45 bits per heavy atom. The van der Waals surface area contributed by atoms with Gasteiger partial charge in [0.15, 0.2) is 0 Å². The molecule has 1 aliphatic rings. The topological polar surface area (TPSA) is 75.4 Å². The number of anilines is 1. The van der Waals surface area contributed by atoms with Crippen LogP contribution in [0.2, 0.25) is 0 Å². The quantitative estimate of drug-likeness (QED) is 0.865. The molecule has 1 heterocycles. The molecule has 0 aromatic heterocycles. The highest BCUT2D eigenvalue weighted by Gasteiger charge is 2.31. The van der Waals surface area contributed by atoms with Gasteiger partial charge in [-0.25, -0.2) is 0 Å². The Balaban J connectivity index is 2.28. The van der Waals surface area contributed by atoms with Crippen LogP contribution in [0.4, 0.5) is 5.69 Å². The molecular formula is C15H21N3O2. The minimum atomic E-state index is -0.153. The molecule has 5 heteroatoms. The first-order valence-corrected chi connectivity index (χ1v) is 6.93. The predicted octanol–water partition coefficient (Wildman–Crippen LogP) is 1.14. The van der Waals surface area contributed by atoms with Gasteiger partial charge in [0.25, 0.3) is 5.91 Å². The Morgan fingerprint density at radius 2 is 2.15 bits per heavy atom. The Hall–Kier alpha value is -1.88. The zero-order valence-corrected chi connectivity index (χ0v) is 11.9. The molecule has 1 fully saturated rings. The Bertz CT molecular complexity index is 514. The van der Waals surface area contributed by atoms with Crippen molar-refractivity contribution in [3.8, 4) is 0 Å². The van der Waals surface area contributed by atoms with E-state index in [-0.39, 0.29) is 23.8 Å². The van der Waals surface area contributed by atoms with Crippen LogP contribution in [0.25, 0.3) is 0 Å². The van der Waals surface area contributed by atoms with Crippen LogP contribution < -0.4 is 16.0 Å². The highest BCUT2D eigenvalue weighted by atomic mass is 16.2. The smallest absolute Gasteiger partial charge is 0.253 e. The second kappa shape index (κ2) is 6.05. The molecule has 20 heavy (non-hydrogen) atoms. The van der Waals surface area contributed by atoms with Crippen LogP contribution in [0.1, 0.15) is 30.6 Å². The maximum Gasteiger partial charge on any atom is 0.253 e. The SMILES string of the molecule is CC(C)NC(=O)c1ccccc1N1CC(CN)CC1=O. The Kier molecular flexibility index (Phi) is 4.39. The van der Waals surface area contributed by atoms with Gasteiger partial charge in [-0.2, -0.15) is 0 Å². The molecule has 0 spiro atoms. The molecule has 1 unspecified atom stereocenters. The normalized spacial score (nSPS) is 18.7. The maximum absolute atomic E-state index is 12.2. The fourth-order valence-electron chi connectivity index (χ4n) is 2.41. The summed E-state index contributed by atoms with van der Waals surface area (Å²) in [5.74, 6) is 0.0496. The van der Waals surface area contributed by atoms with E-state index >= 15 is 0 Å². The van der Waals surface area contributed by atoms with Crippen molar-refractivity contribution < 1.29 is 9.59 Å². The zero-order valence-electron chi connectivity index (χ0n) is 11.9. The van der Waals surface area contributed by atoms with Gasteiger partial charge in [0.1, 0.15) is 0 Å². The molecule has 108 valence electrons. The summed E-state index contributed by atoms with van der Waals surface area (Å²) >= 11 is 0. The number of benzene rings is 1. The number of para-hydroxylation sites is 1. The zero-order chi connectivity index (χ0) is 14.7. The van der Waals surface area contributed by atoms with Crippen molar-refractivity contribution in [1.29, 1.82) is 0 Å². The van der Waals surface area contributed by atoms with Crippen molar-refractivity contribution in [1.82, 2.24) is 5.32 Å². The predicted molar refractivity (Wildman–Crippen MR) is 78.6 cm³/mol. The lowest BCUT2D eigenvalue weighted by Gasteiger charge is -2.20. The lowest BCUT2D eigenvalue weighted by atomic mass is 10.1. The molecular weight excluding hydrogens is 254 g/mol. The van der Waals surface area contributed by atoms with Crippen molar-refractivity contribution in [2.24, 2.45) is 11.7 Å². The average Bonchev–Trinajstić information content (AvgIpc) is 2.79. The van der Waals surface area contributed by atoms with Crippen molar-refractivity contribution in [3.05, 3.63) is 29.8 Å². The van der Waals surface area contributed by atoms with E-state index in [2.05, 4.69) is 5.32 Å². The van der Waals surface area contributed by atoms with E-state index in [1.165, 1.54) is 0 Å². The standard InChI is InChI=1S/C15H21N3O2/c1-10(2)17-15(20)12-5-3-4-6-13(12)18-9-11(8-16)7-14(18)19/h3-6,10-11H,7-9,16H2,1-2H3,(H,17,20). The molecule has 2 rings (SSSR count). The van der Waals surface area contributed by atoms with Gasteiger partial charge in [-0.05, 0) is 38.4 Å². The van der Waals surface area contributed by atoms with Crippen LogP contribution in [0.15, 0.2) is 24.3 Å². The molecule has 0 saturated carbocycles. The summed E-state index contributed by atoms with van der Waals surface area (Å²) in [5.41, 5.74) is 6.85. The average molecular weight is 275 g/mol. The molecule has 2 amide bonds. The van der Waals surface area contributed by atoms with Crippen LogP contribution >= 0.6 is 0 Å². The summed E-state index contributed by atoms with van der Waals surface area (Å²) < 4.78 is 0. The maximum atomic E-state index is 12.2. The number of nitrogens with two attached hydrogens (primary N) is 1. The number of rotatable bonds is 4. The van der Waals surface area contributed by atoms with Gasteiger partial charge in [0, 0.05) is 19.0 Å². The molecule has 0 radical (unpaired) electrons. The third-order valence-corrected chi connectivity index (χ3v) is 3.40. The number of hydrogen-bond donors (Lipinski definition) is 2. The number of nitrogens with one attached hydrogen (secondary N) is 1. The molecule has 0 aliphatic carbocycles. The third-order valence-electron chi connectivity index (χ3n) is 3.40. The fraction of sp³-hybridized carbons (Fsp3) is 0.467. The highest BCUT2D eigenvalue weighted by molar-refractivity contribution is 6.05. The third kappa shape index (κ3) is 2.99. The molecule has 1 aromatic carbocycles. The van der Waals surface area contributed by atoms with Gasteiger partial charge in [-0.1, -0.05) is 12.1 Å². The first kappa shape index (κ1) is 14.5. The first-order valence-electron chi connectivity index (χ1n) is 6.93. The summed E-state index contributed by atoms with van der Waals surface area (Å²) in [6.07, 6.45) is 0.455. The van der Waals surface area contributed by atoms with E-state index in [0.29, 0.717) is 30.8 Å². The summed E-state index contributed by atoms with van der Waals surface area (Å²) in [4.78, 5) is 26.0.